The fraction of sp³-hybridized carbons (Fsp3) is 0.185. The molecule has 0 bridgehead atoms. The molecule has 7 nitrogen and oxygen atoms in total. The van der Waals surface area contributed by atoms with Crippen LogP contribution in [0.25, 0.3) is 11.7 Å². The highest BCUT2D eigenvalue weighted by Gasteiger charge is 2.13. The molecule has 4 aromatic rings. The maximum atomic E-state index is 12.6. The van der Waals surface area contributed by atoms with Crippen LogP contribution in [-0.2, 0) is 17.9 Å². The summed E-state index contributed by atoms with van der Waals surface area (Å²) in [4.78, 5) is 18.8. The molecule has 0 unspecified atom stereocenters. The van der Waals surface area contributed by atoms with E-state index in [1.165, 1.54) is 0 Å². The standard InChI is InChI=1S/C27H27N3O4/c1-29(17-21-7-6-8-24(32-2)27(21)33-3)26(31)15-12-20-10-13-23(14-11-20)34-19-22-18-30-16-5-4-9-25(30)28-22/h4-16,18H,17,19H2,1-3H3/b15-12+. The minimum absolute atomic E-state index is 0.114. The minimum atomic E-state index is -0.114. The van der Waals surface area contributed by atoms with Gasteiger partial charge >= 0.3 is 0 Å². The largest absolute Gasteiger partial charge is 0.493 e. The molecule has 0 atom stereocenters. The Morgan fingerprint density at radius 2 is 1.85 bits per heavy atom. The van der Waals surface area contributed by atoms with E-state index in [4.69, 9.17) is 14.2 Å². The van der Waals surface area contributed by atoms with Crippen molar-refractivity contribution >= 4 is 17.6 Å². The monoisotopic (exact) mass is 457 g/mol. The van der Waals surface area contributed by atoms with E-state index in [0.29, 0.717) is 24.7 Å². The molecule has 0 aliphatic carbocycles. The molecule has 4 rings (SSSR count). The fourth-order valence-corrected chi connectivity index (χ4v) is 3.60. The summed E-state index contributed by atoms with van der Waals surface area (Å²) in [5.41, 5.74) is 3.52. The van der Waals surface area contributed by atoms with Crippen molar-refractivity contribution in [2.75, 3.05) is 21.3 Å². The molecule has 0 aliphatic rings. The second kappa shape index (κ2) is 10.6. The highest BCUT2D eigenvalue weighted by molar-refractivity contribution is 5.91. The van der Waals surface area contributed by atoms with Gasteiger partial charge in [0.25, 0.3) is 0 Å². The first-order valence-electron chi connectivity index (χ1n) is 10.9. The van der Waals surface area contributed by atoms with E-state index in [9.17, 15) is 4.79 Å². The Kier molecular flexibility index (Phi) is 7.13. The van der Waals surface area contributed by atoms with E-state index >= 15 is 0 Å². The van der Waals surface area contributed by atoms with Crippen LogP contribution >= 0.6 is 0 Å². The molecule has 0 N–H and O–H groups in total. The van der Waals surface area contributed by atoms with Crippen LogP contribution in [0.5, 0.6) is 17.2 Å². The predicted molar refractivity (Wildman–Crippen MR) is 131 cm³/mol. The first kappa shape index (κ1) is 22.9. The second-order valence-electron chi connectivity index (χ2n) is 7.74. The molecule has 1 amide bonds. The number of carbonyl (C=O) groups excluding carboxylic acids is 1. The number of carbonyl (C=O) groups is 1. The number of likely N-dealkylation sites (N-methyl/N-ethyl adjacent to an activating group) is 1. The van der Waals surface area contributed by atoms with Crippen molar-refractivity contribution in [3.8, 4) is 17.2 Å². The van der Waals surface area contributed by atoms with Crippen molar-refractivity contribution in [2.24, 2.45) is 0 Å². The molecule has 2 heterocycles. The lowest BCUT2D eigenvalue weighted by atomic mass is 10.1. The Bertz CT molecular complexity index is 1260. The van der Waals surface area contributed by atoms with Gasteiger partial charge in [-0.25, -0.2) is 4.98 Å². The molecule has 0 radical (unpaired) electrons. The molecule has 174 valence electrons. The van der Waals surface area contributed by atoms with Gasteiger partial charge in [-0.15, -0.1) is 0 Å². The number of rotatable bonds is 9. The molecular formula is C27H27N3O4. The lowest BCUT2D eigenvalue weighted by molar-refractivity contribution is -0.125. The number of hydrogen-bond acceptors (Lipinski definition) is 5. The summed E-state index contributed by atoms with van der Waals surface area (Å²) >= 11 is 0. The van der Waals surface area contributed by atoms with Gasteiger partial charge < -0.3 is 23.5 Å². The van der Waals surface area contributed by atoms with Gasteiger partial charge in [-0.2, -0.15) is 0 Å². The van der Waals surface area contributed by atoms with Gasteiger partial charge in [0.1, 0.15) is 18.0 Å². The number of hydrogen-bond donors (Lipinski definition) is 0. The quantitative estimate of drug-likeness (QED) is 0.344. The summed E-state index contributed by atoms with van der Waals surface area (Å²) in [6.07, 6.45) is 7.25. The molecule has 7 heteroatoms. The van der Waals surface area contributed by atoms with Gasteiger partial charge in [0, 0.05) is 37.6 Å². The lowest BCUT2D eigenvalue weighted by Crippen LogP contribution is -2.24. The van der Waals surface area contributed by atoms with E-state index < -0.39 is 0 Å². The summed E-state index contributed by atoms with van der Waals surface area (Å²) in [6, 6.07) is 19.1. The van der Waals surface area contributed by atoms with Gasteiger partial charge in [0.2, 0.25) is 5.91 Å². The second-order valence-corrected chi connectivity index (χ2v) is 7.74. The van der Waals surface area contributed by atoms with Crippen molar-refractivity contribution < 1.29 is 19.0 Å². The number of ether oxygens (including phenoxy) is 3. The summed E-state index contributed by atoms with van der Waals surface area (Å²) in [7, 11) is 4.94. The van der Waals surface area contributed by atoms with Crippen LogP contribution in [0.2, 0.25) is 0 Å². The van der Waals surface area contributed by atoms with Crippen molar-refractivity contribution in [1.29, 1.82) is 0 Å². The number of pyridine rings is 1. The molecule has 2 aromatic heterocycles. The number of imidazole rings is 1. The van der Waals surface area contributed by atoms with E-state index in [1.54, 1.807) is 38.3 Å². The Morgan fingerprint density at radius 1 is 1.03 bits per heavy atom. The maximum absolute atomic E-state index is 12.6. The molecule has 2 aromatic carbocycles. The average molecular weight is 458 g/mol. The minimum Gasteiger partial charge on any atom is -0.493 e. The number of methoxy groups -OCH3 is 2. The normalized spacial score (nSPS) is 11.0. The molecule has 0 saturated carbocycles. The topological polar surface area (TPSA) is 65.3 Å². The van der Waals surface area contributed by atoms with Crippen LogP contribution in [0.15, 0.2) is 79.1 Å². The average Bonchev–Trinajstić information content (AvgIpc) is 3.29. The van der Waals surface area contributed by atoms with Gasteiger partial charge in [0.05, 0.1) is 19.9 Å². The zero-order chi connectivity index (χ0) is 23.9. The smallest absolute Gasteiger partial charge is 0.246 e. The summed E-state index contributed by atoms with van der Waals surface area (Å²) < 4.78 is 18.6. The Hall–Kier alpha value is -4.26. The number of amides is 1. The van der Waals surface area contributed by atoms with Crippen molar-refractivity contribution in [3.63, 3.8) is 0 Å². The van der Waals surface area contributed by atoms with Crippen molar-refractivity contribution in [1.82, 2.24) is 14.3 Å². The molecule has 0 saturated heterocycles. The maximum Gasteiger partial charge on any atom is 0.246 e. The third-order valence-corrected chi connectivity index (χ3v) is 5.37. The predicted octanol–water partition coefficient (Wildman–Crippen LogP) is 4.60. The third kappa shape index (κ3) is 5.38. The molecule has 0 fully saturated rings. The first-order chi connectivity index (χ1) is 16.6. The van der Waals surface area contributed by atoms with Gasteiger partial charge in [-0.1, -0.05) is 30.3 Å². The Balaban J connectivity index is 1.33. The third-order valence-electron chi connectivity index (χ3n) is 5.37. The van der Waals surface area contributed by atoms with Crippen LogP contribution in [0, 0.1) is 0 Å². The lowest BCUT2D eigenvalue weighted by Gasteiger charge is -2.18. The van der Waals surface area contributed by atoms with Crippen LogP contribution in [0.3, 0.4) is 0 Å². The fourth-order valence-electron chi connectivity index (χ4n) is 3.60. The van der Waals surface area contributed by atoms with E-state index in [1.807, 2.05) is 77.5 Å². The zero-order valence-electron chi connectivity index (χ0n) is 19.5. The SMILES string of the molecule is COc1cccc(CN(C)C(=O)/C=C/c2ccc(OCc3cn4ccccc4n3)cc2)c1OC. The van der Waals surface area contributed by atoms with E-state index in [2.05, 4.69) is 4.98 Å². The summed E-state index contributed by atoms with van der Waals surface area (Å²) in [5.74, 6) is 1.90. The van der Waals surface area contributed by atoms with Gasteiger partial charge in [-0.3, -0.25) is 4.79 Å². The molecule has 34 heavy (non-hydrogen) atoms. The number of para-hydroxylation sites is 1. The van der Waals surface area contributed by atoms with Crippen molar-refractivity contribution in [3.05, 3.63) is 96.0 Å². The Labute approximate surface area is 198 Å². The van der Waals surface area contributed by atoms with E-state index in [-0.39, 0.29) is 5.91 Å². The van der Waals surface area contributed by atoms with Crippen LogP contribution in [0.1, 0.15) is 16.8 Å². The van der Waals surface area contributed by atoms with Crippen LogP contribution in [-0.4, -0.2) is 41.5 Å². The molecular weight excluding hydrogens is 430 g/mol. The zero-order valence-corrected chi connectivity index (χ0v) is 19.5. The number of fused-ring (bicyclic) bond motifs is 1. The number of nitrogens with zero attached hydrogens (tertiary/aromatic N) is 3. The summed E-state index contributed by atoms with van der Waals surface area (Å²) in [5, 5.41) is 0. The van der Waals surface area contributed by atoms with Gasteiger partial charge in [-0.05, 0) is 42.0 Å². The number of benzene rings is 2. The molecule has 0 aliphatic heterocycles. The highest BCUT2D eigenvalue weighted by atomic mass is 16.5. The van der Waals surface area contributed by atoms with Crippen LogP contribution in [0.4, 0.5) is 0 Å². The van der Waals surface area contributed by atoms with Crippen LogP contribution < -0.4 is 14.2 Å². The summed E-state index contributed by atoms with van der Waals surface area (Å²) in [6.45, 7) is 0.785. The van der Waals surface area contributed by atoms with Crippen molar-refractivity contribution in [2.45, 2.75) is 13.2 Å². The highest BCUT2D eigenvalue weighted by Crippen LogP contribution is 2.31. The van der Waals surface area contributed by atoms with E-state index in [0.717, 1.165) is 28.2 Å². The first-order valence-corrected chi connectivity index (χ1v) is 10.9. The van der Waals surface area contributed by atoms with Gasteiger partial charge in [0.15, 0.2) is 11.5 Å². The molecule has 0 spiro atoms. The number of aromatic nitrogens is 2. The Morgan fingerprint density at radius 3 is 2.59 bits per heavy atom.